The summed E-state index contributed by atoms with van der Waals surface area (Å²) in [7, 11) is 1.62. The number of methoxy groups -OCH3 is 1. The van der Waals surface area contributed by atoms with Crippen LogP contribution in [0.25, 0.3) is 0 Å². The quantitative estimate of drug-likeness (QED) is 0.879. The van der Waals surface area contributed by atoms with Crippen molar-refractivity contribution in [3.05, 3.63) is 41.6 Å². The minimum absolute atomic E-state index is 0.0110. The van der Waals surface area contributed by atoms with E-state index in [1.165, 1.54) is 0 Å². The van der Waals surface area contributed by atoms with Crippen LogP contribution < -0.4 is 10.1 Å². The molecule has 1 heterocycles. The zero-order chi connectivity index (χ0) is 13.7. The number of nitrogens with one attached hydrogen (secondary N) is 1. The van der Waals surface area contributed by atoms with Crippen molar-refractivity contribution in [2.75, 3.05) is 13.7 Å². The van der Waals surface area contributed by atoms with Crippen LogP contribution in [0.4, 0.5) is 0 Å². The molecule has 0 spiro atoms. The number of nitrogens with zero attached hydrogens (tertiary/aromatic N) is 2. The highest BCUT2D eigenvalue weighted by atomic mass is 16.5. The summed E-state index contributed by atoms with van der Waals surface area (Å²) in [6, 6.07) is 7.70. The number of rotatable bonds is 5. The molecule has 1 aromatic heterocycles. The molecular weight excluding hydrogens is 246 g/mol. The van der Waals surface area contributed by atoms with Crippen molar-refractivity contribution in [1.29, 1.82) is 0 Å². The van der Waals surface area contributed by atoms with Crippen molar-refractivity contribution in [3.63, 3.8) is 0 Å². The van der Waals surface area contributed by atoms with E-state index >= 15 is 0 Å². The van der Waals surface area contributed by atoms with Gasteiger partial charge in [0.1, 0.15) is 5.75 Å². The summed E-state index contributed by atoms with van der Waals surface area (Å²) in [5.74, 6) is 0.806. The van der Waals surface area contributed by atoms with Crippen molar-refractivity contribution in [3.8, 4) is 5.75 Å². The lowest BCUT2D eigenvalue weighted by atomic mass is 10.1. The summed E-state index contributed by atoms with van der Waals surface area (Å²) in [5.41, 5.74) is 1.08. The van der Waals surface area contributed by atoms with E-state index in [9.17, 15) is 4.79 Å². The lowest BCUT2D eigenvalue weighted by molar-refractivity contribution is 0.0918. The number of aromatic nitrogens is 2. The van der Waals surface area contributed by atoms with Gasteiger partial charge in [-0.2, -0.15) is 0 Å². The van der Waals surface area contributed by atoms with Gasteiger partial charge in [-0.1, -0.05) is 12.1 Å². The number of ether oxygens (including phenoxy) is 1. The molecule has 0 saturated carbocycles. The van der Waals surface area contributed by atoms with Gasteiger partial charge in [-0.3, -0.25) is 4.79 Å². The average molecular weight is 261 g/mol. The van der Waals surface area contributed by atoms with Crippen LogP contribution in [0.3, 0.4) is 0 Å². The third kappa shape index (κ3) is 3.54. The van der Waals surface area contributed by atoms with E-state index in [1.807, 2.05) is 24.3 Å². The van der Waals surface area contributed by atoms with Gasteiger partial charge in [-0.05, 0) is 24.1 Å². The molecule has 0 aliphatic heterocycles. The highest BCUT2D eigenvalue weighted by molar-refractivity contribution is 5.89. The molecule has 0 bridgehead atoms. The second-order valence-electron chi connectivity index (χ2n) is 3.98. The number of hydrogen-bond acceptors (Lipinski definition) is 5. The molecule has 100 valence electrons. The molecule has 6 nitrogen and oxygen atoms in total. The van der Waals surface area contributed by atoms with Crippen LogP contribution in [0.2, 0.25) is 0 Å². The lowest BCUT2D eigenvalue weighted by Crippen LogP contribution is -2.26. The van der Waals surface area contributed by atoms with E-state index in [0.717, 1.165) is 11.3 Å². The van der Waals surface area contributed by atoms with Crippen LogP contribution in [0.15, 0.2) is 28.7 Å². The van der Waals surface area contributed by atoms with Gasteiger partial charge < -0.3 is 14.5 Å². The number of carbonyl (C=O) groups is 1. The van der Waals surface area contributed by atoms with Gasteiger partial charge in [0.2, 0.25) is 5.89 Å². The summed E-state index contributed by atoms with van der Waals surface area (Å²) < 4.78 is 10.2. The Kier molecular flexibility index (Phi) is 4.12. The van der Waals surface area contributed by atoms with Gasteiger partial charge in [0.15, 0.2) is 0 Å². The van der Waals surface area contributed by atoms with Crippen molar-refractivity contribution in [2.24, 2.45) is 0 Å². The standard InChI is InChI=1S/C13H15N3O3/c1-9-15-16-13(19-9)12(17)14-7-6-10-4-3-5-11(8-10)18-2/h3-5,8H,6-7H2,1-2H3,(H,14,17). The van der Waals surface area contributed by atoms with Gasteiger partial charge in [-0.25, -0.2) is 0 Å². The van der Waals surface area contributed by atoms with Gasteiger partial charge in [0.25, 0.3) is 0 Å². The Morgan fingerprint density at radius 1 is 1.42 bits per heavy atom. The van der Waals surface area contributed by atoms with Gasteiger partial charge in [0, 0.05) is 13.5 Å². The molecule has 6 heteroatoms. The first-order valence-corrected chi connectivity index (χ1v) is 5.90. The molecule has 0 atom stereocenters. The summed E-state index contributed by atoms with van der Waals surface area (Å²) in [4.78, 5) is 11.6. The van der Waals surface area contributed by atoms with E-state index in [0.29, 0.717) is 18.9 Å². The topological polar surface area (TPSA) is 77.2 Å². The van der Waals surface area contributed by atoms with E-state index in [2.05, 4.69) is 15.5 Å². The third-order valence-electron chi connectivity index (χ3n) is 2.55. The minimum atomic E-state index is -0.358. The monoisotopic (exact) mass is 261 g/mol. The van der Waals surface area contributed by atoms with E-state index in [-0.39, 0.29) is 11.8 Å². The van der Waals surface area contributed by atoms with Gasteiger partial charge >= 0.3 is 11.8 Å². The number of carbonyl (C=O) groups excluding carboxylic acids is 1. The van der Waals surface area contributed by atoms with Crippen LogP contribution in [0, 0.1) is 6.92 Å². The molecule has 19 heavy (non-hydrogen) atoms. The third-order valence-corrected chi connectivity index (χ3v) is 2.55. The first-order valence-electron chi connectivity index (χ1n) is 5.90. The number of benzene rings is 1. The van der Waals surface area contributed by atoms with Gasteiger partial charge in [-0.15, -0.1) is 10.2 Å². The predicted octanol–water partition coefficient (Wildman–Crippen LogP) is 1.36. The maximum absolute atomic E-state index is 11.6. The van der Waals surface area contributed by atoms with Crippen LogP contribution in [-0.4, -0.2) is 29.8 Å². The lowest BCUT2D eigenvalue weighted by Gasteiger charge is -2.05. The number of aryl methyl sites for hydroxylation is 1. The highest BCUT2D eigenvalue weighted by Gasteiger charge is 2.12. The van der Waals surface area contributed by atoms with E-state index < -0.39 is 0 Å². The molecule has 0 radical (unpaired) electrons. The van der Waals surface area contributed by atoms with E-state index in [1.54, 1.807) is 14.0 Å². The highest BCUT2D eigenvalue weighted by Crippen LogP contribution is 2.12. The molecule has 0 saturated heterocycles. The molecule has 1 N–H and O–H groups in total. The molecule has 0 aliphatic rings. The number of hydrogen-bond donors (Lipinski definition) is 1. The van der Waals surface area contributed by atoms with Crippen LogP contribution in [0.5, 0.6) is 5.75 Å². The average Bonchev–Trinajstić information content (AvgIpc) is 2.86. The Bertz CT molecular complexity index is 566. The van der Waals surface area contributed by atoms with Crippen LogP contribution in [-0.2, 0) is 6.42 Å². The Labute approximate surface area is 110 Å². The predicted molar refractivity (Wildman–Crippen MR) is 68.1 cm³/mol. The largest absolute Gasteiger partial charge is 0.497 e. The Morgan fingerprint density at radius 2 is 2.26 bits per heavy atom. The Morgan fingerprint density at radius 3 is 2.95 bits per heavy atom. The van der Waals surface area contributed by atoms with Crippen LogP contribution in [0.1, 0.15) is 22.1 Å². The fourth-order valence-electron chi connectivity index (χ4n) is 1.61. The van der Waals surface area contributed by atoms with Crippen molar-refractivity contribution < 1.29 is 13.9 Å². The fraction of sp³-hybridized carbons (Fsp3) is 0.308. The molecular formula is C13H15N3O3. The second kappa shape index (κ2) is 5.99. The zero-order valence-electron chi connectivity index (χ0n) is 10.8. The Balaban J connectivity index is 1.84. The first-order chi connectivity index (χ1) is 9.19. The zero-order valence-corrected chi connectivity index (χ0v) is 10.8. The van der Waals surface area contributed by atoms with E-state index in [4.69, 9.17) is 9.15 Å². The van der Waals surface area contributed by atoms with Crippen molar-refractivity contribution >= 4 is 5.91 Å². The Hall–Kier alpha value is -2.37. The molecule has 1 amide bonds. The summed E-state index contributed by atoms with van der Waals surface area (Å²) >= 11 is 0. The number of amides is 1. The molecule has 1 aromatic carbocycles. The van der Waals surface area contributed by atoms with Gasteiger partial charge in [0.05, 0.1) is 7.11 Å². The van der Waals surface area contributed by atoms with Crippen molar-refractivity contribution in [1.82, 2.24) is 15.5 Å². The van der Waals surface area contributed by atoms with Crippen molar-refractivity contribution in [2.45, 2.75) is 13.3 Å². The first kappa shape index (κ1) is 13.1. The summed E-state index contributed by atoms with van der Waals surface area (Å²) in [6.07, 6.45) is 0.704. The summed E-state index contributed by atoms with van der Waals surface area (Å²) in [6.45, 7) is 2.13. The SMILES string of the molecule is COc1cccc(CCNC(=O)c2nnc(C)o2)c1. The molecule has 2 aromatic rings. The summed E-state index contributed by atoms with van der Waals surface area (Å²) in [5, 5.41) is 9.97. The molecule has 2 rings (SSSR count). The minimum Gasteiger partial charge on any atom is -0.497 e. The molecule has 0 unspecified atom stereocenters. The molecule has 0 aliphatic carbocycles. The maximum atomic E-state index is 11.6. The fourth-order valence-corrected chi connectivity index (χ4v) is 1.61. The van der Waals surface area contributed by atoms with Crippen LogP contribution >= 0.6 is 0 Å². The normalized spacial score (nSPS) is 10.2. The second-order valence-corrected chi connectivity index (χ2v) is 3.98. The smallest absolute Gasteiger partial charge is 0.308 e. The molecule has 0 fully saturated rings. The maximum Gasteiger partial charge on any atom is 0.308 e.